The maximum atomic E-state index is 11.5. The van der Waals surface area contributed by atoms with E-state index >= 15 is 0 Å². The molecule has 1 saturated carbocycles. The highest BCUT2D eigenvalue weighted by molar-refractivity contribution is 9.10. The van der Waals surface area contributed by atoms with Gasteiger partial charge in [-0.15, -0.1) is 0 Å². The van der Waals surface area contributed by atoms with Gasteiger partial charge in [-0.05, 0) is 58.5 Å². The zero-order valence-electron chi connectivity index (χ0n) is 11.5. The average Bonchev–Trinajstić information content (AvgIpc) is 2.35. The molecule has 1 fully saturated rings. The monoisotopic (exact) mass is 358 g/mol. The van der Waals surface area contributed by atoms with Crippen LogP contribution in [-0.2, 0) is 10.2 Å². The maximum absolute atomic E-state index is 11.5. The third-order valence-electron chi connectivity index (χ3n) is 3.37. The summed E-state index contributed by atoms with van der Waals surface area (Å²) in [7, 11) is 1.68. The number of carbonyl (C=O) groups excluding carboxylic acids is 1. The van der Waals surface area contributed by atoms with Gasteiger partial charge < -0.3 is 16.8 Å². The van der Waals surface area contributed by atoms with Crippen molar-refractivity contribution in [1.29, 1.82) is 0 Å². The van der Waals surface area contributed by atoms with E-state index < -0.39 is 5.41 Å². The second-order valence-electron chi connectivity index (χ2n) is 4.97. The van der Waals surface area contributed by atoms with E-state index in [1.807, 2.05) is 6.07 Å². The van der Waals surface area contributed by atoms with Crippen molar-refractivity contribution in [2.45, 2.75) is 25.2 Å². The van der Waals surface area contributed by atoms with Crippen LogP contribution >= 0.6 is 28.1 Å². The van der Waals surface area contributed by atoms with Crippen LogP contribution in [0.15, 0.2) is 22.9 Å². The first-order valence-corrected chi connectivity index (χ1v) is 7.40. The number of nitrogens with one attached hydrogen (secondary N) is 1. The minimum Gasteiger partial charge on any atom is -0.376 e. The summed E-state index contributed by atoms with van der Waals surface area (Å²) in [6.45, 7) is 2.13. The molecule has 5 N–H and O–H groups in total. The van der Waals surface area contributed by atoms with Gasteiger partial charge in [-0.3, -0.25) is 9.78 Å². The first-order valence-electron chi connectivity index (χ1n) is 6.20. The molecule has 1 aliphatic carbocycles. The van der Waals surface area contributed by atoms with Crippen LogP contribution in [0.3, 0.4) is 0 Å². The zero-order valence-corrected chi connectivity index (χ0v) is 13.9. The Kier molecular flexibility index (Phi) is 5.88. The summed E-state index contributed by atoms with van der Waals surface area (Å²) in [5.41, 5.74) is 10.9. The molecule has 0 radical (unpaired) electrons. The molecule has 1 amide bonds. The molecule has 20 heavy (non-hydrogen) atoms. The Morgan fingerprint density at radius 2 is 2.05 bits per heavy atom. The molecule has 0 atom stereocenters. The molecule has 1 aromatic rings. The minimum absolute atomic E-state index is 0.236. The number of hydrogen-bond acceptors (Lipinski definition) is 3. The summed E-state index contributed by atoms with van der Waals surface area (Å²) < 4.78 is 0.889. The first kappa shape index (κ1) is 16.8. The topological polar surface area (TPSA) is 94.0 Å². The van der Waals surface area contributed by atoms with Gasteiger partial charge in [0.25, 0.3) is 0 Å². The van der Waals surface area contributed by atoms with Crippen molar-refractivity contribution < 1.29 is 4.79 Å². The van der Waals surface area contributed by atoms with Crippen LogP contribution in [0.1, 0.15) is 25.3 Å². The Hall–Kier alpha value is -1.21. The van der Waals surface area contributed by atoms with Crippen LogP contribution in [-0.4, -0.2) is 23.1 Å². The second-order valence-corrected chi connectivity index (χ2v) is 6.32. The Balaban J connectivity index is 0.000000347. The van der Waals surface area contributed by atoms with E-state index in [1.54, 1.807) is 19.4 Å². The second kappa shape index (κ2) is 6.99. The molecule has 1 aromatic heterocycles. The molecule has 0 unspecified atom stereocenters. The fraction of sp³-hybridized carbons (Fsp3) is 0.462. The summed E-state index contributed by atoms with van der Waals surface area (Å²) >= 11 is 7.72. The summed E-state index contributed by atoms with van der Waals surface area (Å²) in [5.74, 6) is 0.331. The maximum Gasteiger partial charge on any atom is 0.228 e. The molecule has 0 aromatic carbocycles. The Morgan fingerprint density at radius 3 is 2.40 bits per heavy atom. The van der Waals surface area contributed by atoms with Crippen LogP contribution < -0.4 is 16.8 Å². The third-order valence-corrected chi connectivity index (χ3v) is 4.01. The smallest absolute Gasteiger partial charge is 0.228 e. The number of nitrogens with zero attached hydrogens (tertiary/aromatic N) is 1. The number of hydrogen-bond donors (Lipinski definition) is 3. The van der Waals surface area contributed by atoms with Crippen LogP contribution in [0.2, 0.25) is 0 Å². The quantitative estimate of drug-likeness (QED) is 0.695. The Labute approximate surface area is 132 Å². The predicted octanol–water partition coefficient (Wildman–Crippen LogP) is 1.45. The summed E-state index contributed by atoms with van der Waals surface area (Å²) in [6.07, 6.45) is 5.11. The van der Waals surface area contributed by atoms with Crippen LogP contribution in [0.5, 0.6) is 0 Å². The molecule has 0 aliphatic heterocycles. The molecule has 0 saturated heterocycles. The van der Waals surface area contributed by atoms with Gasteiger partial charge in [0.05, 0.1) is 5.41 Å². The van der Waals surface area contributed by atoms with Gasteiger partial charge >= 0.3 is 0 Å². The zero-order chi connectivity index (χ0) is 15.3. The Bertz CT molecular complexity index is 503. The number of rotatable bonds is 2. The van der Waals surface area contributed by atoms with Gasteiger partial charge in [0.15, 0.2) is 5.11 Å². The van der Waals surface area contributed by atoms with E-state index in [0.717, 1.165) is 22.9 Å². The molecule has 7 heteroatoms. The van der Waals surface area contributed by atoms with Crippen molar-refractivity contribution in [1.82, 2.24) is 10.3 Å². The number of amides is 1. The molecule has 1 heterocycles. The van der Waals surface area contributed by atoms with E-state index in [4.69, 9.17) is 11.5 Å². The van der Waals surface area contributed by atoms with Gasteiger partial charge in [0.1, 0.15) is 0 Å². The standard InChI is InChI=1S/C11H13BrN2O.C2H6N2S/c1-7-3-11(4-7,10(13)15)8-2-9(12)6-14-5-8;1-4-2(3)5/h2,5-7H,3-4H2,1H3,(H2,13,15);1H3,(H3,3,4,5). The van der Waals surface area contributed by atoms with Crippen molar-refractivity contribution in [3.63, 3.8) is 0 Å². The van der Waals surface area contributed by atoms with E-state index in [9.17, 15) is 4.79 Å². The lowest BCUT2D eigenvalue weighted by Crippen LogP contribution is -2.50. The summed E-state index contributed by atoms with van der Waals surface area (Å²) in [4.78, 5) is 15.6. The molecule has 5 nitrogen and oxygen atoms in total. The lowest BCUT2D eigenvalue weighted by atomic mass is 9.59. The minimum atomic E-state index is -0.476. The van der Waals surface area contributed by atoms with E-state index in [1.165, 1.54) is 0 Å². The van der Waals surface area contributed by atoms with Gasteiger partial charge in [-0.25, -0.2) is 0 Å². The van der Waals surface area contributed by atoms with Crippen molar-refractivity contribution >= 4 is 39.2 Å². The lowest BCUT2D eigenvalue weighted by Gasteiger charge is -2.44. The number of aromatic nitrogens is 1. The van der Waals surface area contributed by atoms with Crippen molar-refractivity contribution in [2.75, 3.05) is 7.05 Å². The van der Waals surface area contributed by atoms with Crippen molar-refractivity contribution in [3.8, 4) is 0 Å². The molecular weight excluding hydrogens is 340 g/mol. The largest absolute Gasteiger partial charge is 0.376 e. The average molecular weight is 359 g/mol. The van der Waals surface area contributed by atoms with E-state index in [0.29, 0.717) is 11.0 Å². The Morgan fingerprint density at radius 1 is 1.50 bits per heavy atom. The van der Waals surface area contributed by atoms with Crippen molar-refractivity contribution in [2.24, 2.45) is 17.4 Å². The predicted molar refractivity (Wildman–Crippen MR) is 87.1 cm³/mol. The van der Waals surface area contributed by atoms with Gasteiger partial charge in [0, 0.05) is 23.9 Å². The molecule has 1 aliphatic rings. The van der Waals surface area contributed by atoms with Crippen LogP contribution in [0.4, 0.5) is 0 Å². The highest BCUT2D eigenvalue weighted by Gasteiger charge is 2.48. The third kappa shape index (κ3) is 3.89. The number of nitrogens with two attached hydrogens (primary N) is 2. The number of primary amides is 1. The SMILES string of the molecule is CC1CC(C(N)=O)(c2cncc(Br)c2)C1.CNC(N)=S. The fourth-order valence-electron chi connectivity index (χ4n) is 2.38. The van der Waals surface area contributed by atoms with E-state index in [2.05, 4.69) is 45.4 Å². The van der Waals surface area contributed by atoms with Gasteiger partial charge in [-0.2, -0.15) is 0 Å². The molecule has 110 valence electrons. The van der Waals surface area contributed by atoms with Gasteiger partial charge in [0.2, 0.25) is 5.91 Å². The number of thiocarbonyl (C=S) groups is 1. The molecular formula is C13H19BrN4OS. The fourth-order valence-corrected chi connectivity index (χ4v) is 2.75. The highest BCUT2D eigenvalue weighted by atomic mass is 79.9. The first-order chi connectivity index (χ1) is 9.31. The molecule has 0 bridgehead atoms. The molecule has 2 rings (SSSR count). The van der Waals surface area contributed by atoms with E-state index in [-0.39, 0.29) is 5.91 Å². The lowest BCUT2D eigenvalue weighted by molar-refractivity contribution is -0.128. The normalized spacial score (nSPS) is 23.9. The van der Waals surface area contributed by atoms with Gasteiger partial charge in [-0.1, -0.05) is 6.92 Å². The number of pyridine rings is 1. The number of carbonyl (C=O) groups is 1. The number of halogens is 1. The van der Waals surface area contributed by atoms with Crippen molar-refractivity contribution in [3.05, 3.63) is 28.5 Å². The highest BCUT2D eigenvalue weighted by Crippen LogP contribution is 2.47. The molecule has 0 spiro atoms. The summed E-state index contributed by atoms with van der Waals surface area (Å²) in [5, 5.41) is 2.88. The van der Waals surface area contributed by atoms with Crippen LogP contribution in [0, 0.1) is 5.92 Å². The summed E-state index contributed by atoms with van der Waals surface area (Å²) in [6, 6.07) is 1.93. The van der Waals surface area contributed by atoms with Crippen LogP contribution in [0.25, 0.3) is 0 Å².